The number of nitrogens with zero attached hydrogens (tertiary/aromatic N) is 3. The molecule has 0 fully saturated rings. The Morgan fingerprint density at radius 3 is 3.10 bits per heavy atom. The van der Waals surface area contributed by atoms with Crippen molar-refractivity contribution in [2.75, 3.05) is 17.1 Å². The zero-order valence-electron chi connectivity index (χ0n) is 5.91. The van der Waals surface area contributed by atoms with Crippen molar-refractivity contribution in [3.8, 4) is 0 Å². The Kier molecular flexibility index (Phi) is 0.949. The molecule has 2 rings (SSSR count). The van der Waals surface area contributed by atoms with Gasteiger partial charge in [-0.1, -0.05) is 0 Å². The quantitative estimate of drug-likeness (QED) is 0.457. The van der Waals surface area contributed by atoms with Crippen molar-refractivity contribution in [3.05, 3.63) is 6.07 Å². The zero-order chi connectivity index (χ0) is 7.14. The third-order valence-corrected chi connectivity index (χ3v) is 1.82. The lowest BCUT2D eigenvalue weighted by Gasteiger charge is -2.06. The number of rotatable bonds is 0. The van der Waals surface area contributed by atoms with Gasteiger partial charge in [0.2, 0.25) is 7.98 Å². The summed E-state index contributed by atoms with van der Waals surface area (Å²) in [6, 6.07) is 1.90. The molecule has 0 bridgehead atoms. The van der Waals surface area contributed by atoms with Gasteiger partial charge < -0.3 is 10.5 Å². The first-order valence-electron chi connectivity index (χ1n) is 3.32. The van der Waals surface area contributed by atoms with Crippen LogP contribution < -0.4 is 10.5 Å². The predicted octanol–water partition coefficient (Wildman–Crippen LogP) is -1.17. The van der Waals surface area contributed by atoms with Gasteiger partial charge >= 0.3 is 0 Å². The number of hydrogen-bond acceptors (Lipinski definition) is 3. The fourth-order valence-electron chi connectivity index (χ4n) is 1.26. The van der Waals surface area contributed by atoms with Gasteiger partial charge in [0.05, 0.1) is 6.54 Å². The van der Waals surface area contributed by atoms with Gasteiger partial charge in [-0.05, 0) is 0 Å². The van der Waals surface area contributed by atoms with Crippen molar-refractivity contribution in [1.82, 2.24) is 9.78 Å². The lowest BCUT2D eigenvalue weighted by atomic mass is 10.3. The molecule has 0 saturated heterocycles. The maximum atomic E-state index is 5.49. The lowest BCUT2D eigenvalue weighted by molar-refractivity contribution is 0.698. The van der Waals surface area contributed by atoms with Crippen LogP contribution in [0, 0.1) is 0 Å². The van der Waals surface area contributed by atoms with E-state index in [1.54, 1.807) is 0 Å². The van der Waals surface area contributed by atoms with Crippen LogP contribution in [0.1, 0.15) is 0 Å². The summed E-state index contributed by atoms with van der Waals surface area (Å²) in [5.74, 6) is 1.74. The molecule has 0 aliphatic carbocycles. The molecule has 0 radical (unpaired) electrons. The van der Waals surface area contributed by atoms with Gasteiger partial charge in [-0.15, -0.1) is 0 Å². The van der Waals surface area contributed by atoms with Crippen molar-refractivity contribution in [1.29, 1.82) is 0 Å². The van der Waals surface area contributed by atoms with Crippen LogP contribution in [0.3, 0.4) is 0 Å². The standard InChI is InChI=1S/C5H9BN4/c6-9-1-2-10-5(9)3-4(7)8-10/h3H,1-2,6H2,(H2,7,8). The molecule has 0 spiro atoms. The fraction of sp³-hybridized carbons (Fsp3) is 0.400. The minimum absolute atomic E-state index is 0.613. The molecule has 2 heterocycles. The SMILES string of the molecule is BN1CCn2nc(N)cc21. The van der Waals surface area contributed by atoms with Crippen LogP contribution >= 0.6 is 0 Å². The van der Waals surface area contributed by atoms with E-state index < -0.39 is 0 Å². The van der Waals surface area contributed by atoms with Crippen LogP contribution in [-0.2, 0) is 6.54 Å². The van der Waals surface area contributed by atoms with Gasteiger partial charge in [-0.2, -0.15) is 5.10 Å². The van der Waals surface area contributed by atoms with E-state index in [0.717, 1.165) is 18.9 Å². The smallest absolute Gasteiger partial charge is 0.219 e. The lowest BCUT2D eigenvalue weighted by Crippen LogP contribution is -2.14. The summed E-state index contributed by atoms with van der Waals surface area (Å²) in [5.41, 5.74) is 5.49. The molecule has 1 aromatic heterocycles. The van der Waals surface area contributed by atoms with Crippen molar-refractivity contribution < 1.29 is 0 Å². The highest BCUT2D eigenvalue weighted by molar-refractivity contribution is 6.17. The second-order valence-electron chi connectivity index (χ2n) is 2.57. The first-order chi connectivity index (χ1) is 4.77. The van der Waals surface area contributed by atoms with E-state index >= 15 is 0 Å². The molecule has 4 nitrogen and oxygen atoms in total. The summed E-state index contributed by atoms with van der Waals surface area (Å²) >= 11 is 0. The summed E-state index contributed by atoms with van der Waals surface area (Å²) in [5, 5.41) is 4.09. The highest BCUT2D eigenvalue weighted by Gasteiger charge is 2.15. The molecular formula is C5H9BN4. The second-order valence-corrected chi connectivity index (χ2v) is 2.57. The number of hydrogen-bond donors (Lipinski definition) is 1. The van der Waals surface area contributed by atoms with E-state index in [0.29, 0.717) is 5.82 Å². The summed E-state index contributed by atoms with van der Waals surface area (Å²) in [6.45, 7) is 2.01. The maximum absolute atomic E-state index is 5.49. The normalized spacial score (nSPS) is 15.8. The number of nitrogen functional groups attached to an aromatic ring is 1. The molecular weight excluding hydrogens is 127 g/mol. The average molecular weight is 136 g/mol. The molecule has 0 amide bonds. The van der Waals surface area contributed by atoms with Crippen molar-refractivity contribution in [2.24, 2.45) is 0 Å². The van der Waals surface area contributed by atoms with Crippen LogP contribution in [0.25, 0.3) is 0 Å². The van der Waals surface area contributed by atoms with E-state index in [2.05, 4.69) is 9.91 Å². The van der Waals surface area contributed by atoms with Crippen molar-refractivity contribution in [2.45, 2.75) is 6.54 Å². The zero-order valence-corrected chi connectivity index (χ0v) is 5.91. The Morgan fingerprint density at radius 1 is 1.60 bits per heavy atom. The monoisotopic (exact) mass is 136 g/mol. The highest BCUT2D eigenvalue weighted by atomic mass is 15.4. The molecule has 1 aliphatic rings. The third-order valence-electron chi connectivity index (χ3n) is 1.82. The number of anilines is 2. The Labute approximate surface area is 60.0 Å². The van der Waals surface area contributed by atoms with Gasteiger partial charge in [0.1, 0.15) is 11.6 Å². The van der Waals surface area contributed by atoms with Crippen LogP contribution in [-0.4, -0.2) is 24.3 Å². The van der Waals surface area contributed by atoms with E-state index in [1.807, 2.05) is 18.7 Å². The van der Waals surface area contributed by atoms with E-state index in [1.165, 1.54) is 0 Å². The van der Waals surface area contributed by atoms with Gasteiger partial charge in [0.25, 0.3) is 0 Å². The van der Waals surface area contributed by atoms with Crippen molar-refractivity contribution in [3.63, 3.8) is 0 Å². The molecule has 1 aromatic rings. The van der Waals surface area contributed by atoms with Gasteiger partial charge in [-0.3, -0.25) is 0 Å². The third kappa shape index (κ3) is 0.601. The molecule has 5 heteroatoms. The van der Waals surface area contributed by atoms with Crippen LogP contribution in [0.4, 0.5) is 11.6 Å². The van der Waals surface area contributed by atoms with Crippen LogP contribution in [0.15, 0.2) is 6.07 Å². The molecule has 1 aliphatic heterocycles. The Morgan fingerprint density at radius 2 is 2.40 bits per heavy atom. The topological polar surface area (TPSA) is 47.1 Å². The minimum Gasteiger partial charge on any atom is -0.406 e. The fourth-order valence-corrected chi connectivity index (χ4v) is 1.26. The molecule has 0 saturated carbocycles. The molecule has 0 atom stereocenters. The number of aromatic nitrogens is 2. The van der Waals surface area contributed by atoms with Gasteiger partial charge in [-0.25, -0.2) is 4.68 Å². The van der Waals surface area contributed by atoms with Gasteiger partial charge in [0, 0.05) is 12.6 Å². The largest absolute Gasteiger partial charge is 0.406 e. The predicted molar refractivity (Wildman–Crippen MR) is 42.5 cm³/mol. The summed E-state index contributed by atoms with van der Waals surface area (Å²) in [7, 11) is 2.04. The minimum atomic E-state index is 0.613. The summed E-state index contributed by atoms with van der Waals surface area (Å²) in [4.78, 5) is 2.14. The molecule has 10 heavy (non-hydrogen) atoms. The molecule has 0 unspecified atom stereocenters. The van der Waals surface area contributed by atoms with Crippen molar-refractivity contribution >= 4 is 19.6 Å². The Hall–Kier alpha value is -1.13. The first kappa shape index (κ1) is 5.64. The number of nitrogens with two attached hydrogens (primary N) is 1. The molecule has 2 N–H and O–H groups in total. The first-order valence-corrected chi connectivity index (χ1v) is 3.32. The van der Waals surface area contributed by atoms with Crippen LogP contribution in [0.2, 0.25) is 0 Å². The highest BCUT2D eigenvalue weighted by Crippen LogP contribution is 2.20. The van der Waals surface area contributed by atoms with E-state index in [9.17, 15) is 0 Å². The number of fused-ring (bicyclic) bond motifs is 1. The molecule has 52 valence electrons. The van der Waals surface area contributed by atoms with E-state index in [4.69, 9.17) is 5.73 Å². The molecule has 0 aromatic carbocycles. The van der Waals surface area contributed by atoms with E-state index in [-0.39, 0.29) is 0 Å². The summed E-state index contributed by atoms with van der Waals surface area (Å²) < 4.78 is 1.93. The van der Waals surface area contributed by atoms with Gasteiger partial charge in [0.15, 0.2) is 0 Å². The summed E-state index contributed by atoms with van der Waals surface area (Å²) in [6.07, 6.45) is 0. The van der Waals surface area contributed by atoms with Crippen LogP contribution in [0.5, 0.6) is 0 Å². The Balaban J connectivity index is 2.49. The second kappa shape index (κ2) is 1.68. The Bertz CT molecular complexity index is 256. The average Bonchev–Trinajstić information content (AvgIpc) is 2.35. The maximum Gasteiger partial charge on any atom is 0.219 e.